The van der Waals surface area contributed by atoms with E-state index in [1.165, 1.54) is 16.7 Å². The average molecular weight is 415 g/mol. The molecule has 0 amide bonds. The Morgan fingerprint density at radius 1 is 0.581 bits per heavy atom. The van der Waals surface area contributed by atoms with E-state index in [0.717, 1.165) is 52.4 Å². The van der Waals surface area contributed by atoms with Gasteiger partial charge in [0.25, 0.3) is 0 Å². The molecule has 0 bridgehead atoms. The van der Waals surface area contributed by atoms with Gasteiger partial charge in [-0.1, -0.05) is 91.0 Å². The second kappa shape index (κ2) is 11.8. The summed E-state index contributed by atoms with van der Waals surface area (Å²) in [5.41, 5.74) is 4.08. The summed E-state index contributed by atoms with van der Waals surface area (Å²) in [4.78, 5) is 5.23. The first kappa shape index (κ1) is 21.7. The van der Waals surface area contributed by atoms with Crippen LogP contribution in [0.3, 0.4) is 0 Å². The van der Waals surface area contributed by atoms with E-state index in [4.69, 9.17) is 0 Å². The van der Waals surface area contributed by atoms with Gasteiger partial charge in [-0.15, -0.1) is 0 Å². The molecule has 0 atom stereocenters. The van der Waals surface area contributed by atoms with E-state index in [9.17, 15) is 0 Å². The van der Waals surface area contributed by atoms with Crippen LogP contribution in [0.2, 0.25) is 0 Å². The number of nitrogens with one attached hydrogen (secondary N) is 2. The zero-order valence-electron chi connectivity index (χ0n) is 18.3. The van der Waals surface area contributed by atoms with Crippen molar-refractivity contribution < 1.29 is 0 Å². The fourth-order valence-electron chi connectivity index (χ4n) is 4.35. The highest BCUT2D eigenvalue weighted by molar-refractivity contribution is 5.20. The third kappa shape index (κ3) is 6.49. The number of benzene rings is 3. The van der Waals surface area contributed by atoms with Crippen molar-refractivity contribution >= 4 is 0 Å². The molecule has 3 aromatic rings. The van der Waals surface area contributed by atoms with Crippen LogP contribution in [-0.4, -0.2) is 49.1 Å². The van der Waals surface area contributed by atoms with Crippen molar-refractivity contribution in [1.82, 2.24) is 20.4 Å². The molecule has 1 saturated heterocycles. The highest BCUT2D eigenvalue weighted by Crippen LogP contribution is 2.29. The maximum atomic E-state index is 3.61. The predicted octanol–water partition coefficient (Wildman–Crippen LogP) is 3.88. The minimum absolute atomic E-state index is 0.359. The lowest BCUT2D eigenvalue weighted by atomic mass is 10.1. The molecule has 0 saturated carbocycles. The van der Waals surface area contributed by atoms with E-state index in [-0.39, 0.29) is 0 Å². The molecule has 4 nitrogen and oxygen atoms in total. The first-order valence-corrected chi connectivity index (χ1v) is 11.4. The minimum Gasteiger partial charge on any atom is -0.311 e. The summed E-state index contributed by atoms with van der Waals surface area (Å²) in [5.74, 6) is 0. The lowest BCUT2D eigenvalue weighted by molar-refractivity contribution is 0.138. The first-order valence-electron chi connectivity index (χ1n) is 11.4. The summed E-state index contributed by atoms with van der Waals surface area (Å²) >= 11 is 0. The van der Waals surface area contributed by atoms with Crippen molar-refractivity contribution in [2.24, 2.45) is 0 Å². The van der Waals surface area contributed by atoms with Crippen molar-refractivity contribution in [2.75, 3.05) is 39.3 Å². The van der Waals surface area contributed by atoms with E-state index in [0.29, 0.717) is 6.17 Å². The Morgan fingerprint density at radius 2 is 1.00 bits per heavy atom. The van der Waals surface area contributed by atoms with Crippen LogP contribution in [0.5, 0.6) is 0 Å². The molecule has 0 unspecified atom stereocenters. The Kier molecular flexibility index (Phi) is 8.25. The van der Waals surface area contributed by atoms with Crippen molar-refractivity contribution in [2.45, 2.75) is 19.3 Å². The molecule has 1 fully saturated rings. The van der Waals surface area contributed by atoms with E-state index in [1.807, 2.05) is 0 Å². The first-order chi connectivity index (χ1) is 15.4. The summed E-state index contributed by atoms with van der Waals surface area (Å²) in [5, 5.41) is 7.23. The van der Waals surface area contributed by atoms with Crippen LogP contribution in [0.1, 0.15) is 22.9 Å². The molecule has 162 valence electrons. The fraction of sp³-hybridized carbons (Fsp3) is 0.333. The third-order valence-corrected chi connectivity index (χ3v) is 5.96. The Morgan fingerprint density at radius 3 is 1.45 bits per heavy atom. The molecular weight excluding hydrogens is 380 g/mol. The molecule has 1 aliphatic rings. The molecule has 31 heavy (non-hydrogen) atoms. The Labute approximate surface area is 186 Å². The minimum atomic E-state index is 0.359. The summed E-state index contributed by atoms with van der Waals surface area (Å²) in [6.45, 7) is 8.20. The molecule has 4 rings (SSSR count). The molecule has 3 aromatic carbocycles. The third-order valence-electron chi connectivity index (χ3n) is 5.96. The lowest BCUT2D eigenvalue weighted by Crippen LogP contribution is -2.37. The SMILES string of the molecule is c1ccc(CNCCN2CCN(CCNCc3ccccc3)C2c2ccccc2)cc1. The number of rotatable bonds is 11. The number of nitrogens with zero attached hydrogens (tertiary/aromatic N) is 2. The Hall–Kier alpha value is -2.50. The zero-order chi connectivity index (χ0) is 21.1. The largest absolute Gasteiger partial charge is 0.311 e. The molecule has 2 N–H and O–H groups in total. The normalized spacial score (nSPS) is 15.5. The van der Waals surface area contributed by atoms with E-state index in [1.54, 1.807) is 0 Å². The average Bonchev–Trinajstić information content (AvgIpc) is 3.24. The lowest BCUT2D eigenvalue weighted by Gasteiger charge is -2.31. The van der Waals surface area contributed by atoms with Crippen LogP contribution in [0.15, 0.2) is 91.0 Å². The fourth-order valence-corrected chi connectivity index (χ4v) is 4.35. The maximum absolute atomic E-state index is 3.61. The molecule has 0 spiro atoms. The van der Waals surface area contributed by atoms with E-state index in [2.05, 4.69) is 111 Å². The van der Waals surface area contributed by atoms with Gasteiger partial charge in [0.15, 0.2) is 0 Å². The van der Waals surface area contributed by atoms with E-state index < -0.39 is 0 Å². The quantitative estimate of drug-likeness (QED) is 0.466. The molecule has 0 radical (unpaired) electrons. The molecule has 1 aliphatic heterocycles. The second-order valence-electron chi connectivity index (χ2n) is 8.18. The predicted molar refractivity (Wildman–Crippen MR) is 129 cm³/mol. The second-order valence-corrected chi connectivity index (χ2v) is 8.18. The van der Waals surface area contributed by atoms with Crippen molar-refractivity contribution in [3.63, 3.8) is 0 Å². The van der Waals surface area contributed by atoms with Gasteiger partial charge in [0.2, 0.25) is 0 Å². The van der Waals surface area contributed by atoms with Gasteiger partial charge in [-0.2, -0.15) is 0 Å². The van der Waals surface area contributed by atoms with Crippen LogP contribution in [-0.2, 0) is 13.1 Å². The van der Waals surface area contributed by atoms with Gasteiger partial charge in [0, 0.05) is 52.4 Å². The van der Waals surface area contributed by atoms with Crippen molar-refractivity contribution in [3.05, 3.63) is 108 Å². The standard InChI is InChI=1S/C27H34N4/c1-4-10-24(11-5-1)22-28-16-18-30-20-21-31(27(30)26-14-8-3-9-15-26)19-17-29-23-25-12-6-2-7-13-25/h1-15,27-29H,16-23H2. The van der Waals surface area contributed by atoms with Gasteiger partial charge < -0.3 is 10.6 Å². The van der Waals surface area contributed by atoms with Crippen LogP contribution in [0, 0.1) is 0 Å². The summed E-state index contributed by atoms with van der Waals surface area (Å²) in [7, 11) is 0. The molecular formula is C27H34N4. The molecule has 0 aromatic heterocycles. The van der Waals surface area contributed by atoms with Crippen LogP contribution >= 0.6 is 0 Å². The maximum Gasteiger partial charge on any atom is 0.0887 e. The number of hydrogen-bond acceptors (Lipinski definition) is 4. The van der Waals surface area contributed by atoms with Crippen LogP contribution in [0.25, 0.3) is 0 Å². The summed E-state index contributed by atoms with van der Waals surface area (Å²) in [6, 6.07) is 32.2. The van der Waals surface area contributed by atoms with Gasteiger partial charge in [-0.3, -0.25) is 9.80 Å². The molecule has 4 heteroatoms. The summed E-state index contributed by atoms with van der Waals surface area (Å²) < 4.78 is 0. The van der Waals surface area contributed by atoms with Gasteiger partial charge in [0.1, 0.15) is 0 Å². The number of hydrogen-bond donors (Lipinski definition) is 2. The van der Waals surface area contributed by atoms with Gasteiger partial charge in [-0.05, 0) is 16.7 Å². The van der Waals surface area contributed by atoms with Crippen LogP contribution < -0.4 is 10.6 Å². The highest BCUT2D eigenvalue weighted by atomic mass is 15.4. The summed E-state index contributed by atoms with van der Waals surface area (Å²) in [6.07, 6.45) is 0.359. The van der Waals surface area contributed by atoms with Crippen molar-refractivity contribution in [1.29, 1.82) is 0 Å². The molecule has 0 aliphatic carbocycles. The Balaban J connectivity index is 1.28. The topological polar surface area (TPSA) is 30.5 Å². The highest BCUT2D eigenvalue weighted by Gasteiger charge is 2.32. The smallest absolute Gasteiger partial charge is 0.0887 e. The van der Waals surface area contributed by atoms with Crippen LogP contribution in [0.4, 0.5) is 0 Å². The van der Waals surface area contributed by atoms with E-state index >= 15 is 0 Å². The Bertz CT molecular complexity index is 814. The van der Waals surface area contributed by atoms with Gasteiger partial charge in [0.05, 0.1) is 6.17 Å². The molecule has 1 heterocycles. The van der Waals surface area contributed by atoms with Gasteiger partial charge >= 0.3 is 0 Å². The monoisotopic (exact) mass is 414 g/mol. The van der Waals surface area contributed by atoms with Gasteiger partial charge in [-0.25, -0.2) is 0 Å². The zero-order valence-corrected chi connectivity index (χ0v) is 18.3. The van der Waals surface area contributed by atoms with Crippen molar-refractivity contribution in [3.8, 4) is 0 Å².